The van der Waals surface area contributed by atoms with Crippen molar-refractivity contribution in [2.24, 2.45) is 5.73 Å². The van der Waals surface area contributed by atoms with Crippen molar-refractivity contribution in [1.82, 2.24) is 4.98 Å². The van der Waals surface area contributed by atoms with Gasteiger partial charge in [0.05, 0.1) is 4.92 Å². The number of hydrogen-bond donors (Lipinski definition) is 1. The smallest absolute Gasteiger partial charge is 0.295 e. The van der Waals surface area contributed by atoms with Crippen molar-refractivity contribution in [3.63, 3.8) is 0 Å². The van der Waals surface area contributed by atoms with Crippen LogP contribution < -0.4 is 10.5 Å². The maximum absolute atomic E-state index is 11.0. The van der Waals surface area contributed by atoms with Crippen molar-refractivity contribution in [1.29, 1.82) is 0 Å². The van der Waals surface area contributed by atoms with E-state index >= 15 is 0 Å². The number of nitrogens with two attached hydrogens (primary N) is 1. The van der Waals surface area contributed by atoms with Crippen molar-refractivity contribution in [3.05, 3.63) is 40.6 Å². The molecule has 2 aromatic rings. The van der Waals surface area contributed by atoms with E-state index in [9.17, 15) is 10.1 Å². The van der Waals surface area contributed by atoms with Crippen LogP contribution >= 0.6 is 0 Å². The number of nitro groups is 1. The van der Waals surface area contributed by atoms with Gasteiger partial charge in [-0.3, -0.25) is 10.1 Å². The number of benzene rings is 1. The molecule has 1 unspecified atom stereocenters. The lowest BCUT2D eigenvalue weighted by Crippen LogP contribution is -2.41. The van der Waals surface area contributed by atoms with E-state index in [-0.39, 0.29) is 5.69 Å². The summed E-state index contributed by atoms with van der Waals surface area (Å²) in [5.74, 6) is 0.559. The first kappa shape index (κ1) is 14.2. The summed E-state index contributed by atoms with van der Waals surface area (Å²) >= 11 is 0. The van der Waals surface area contributed by atoms with Crippen LogP contribution in [0.4, 0.5) is 5.69 Å². The highest BCUT2D eigenvalue weighted by Crippen LogP contribution is 2.31. The molecule has 1 atom stereocenters. The Kier molecular flexibility index (Phi) is 3.85. The molecule has 0 aliphatic rings. The number of hydrogen-bond acceptors (Lipinski definition) is 5. The van der Waals surface area contributed by atoms with E-state index in [1.807, 2.05) is 13.8 Å². The standard InChI is InChI=1S/C14H17N3O3/c1-3-14(2,15)9-20-12-7-6-11(17(18)19)13-10(12)5-4-8-16-13/h4-8H,3,9,15H2,1-2H3. The summed E-state index contributed by atoms with van der Waals surface area (Å²) in [6.07, 6.45) is 2.30. The Balaban J connectivity index is 2.41. The van der Waals surface area contributed by atoms with Crippen LogP contribution in [-0.2, 0) is 0 Å². The van der Waals surface area contributed by atoms with Crippen molar-refractivity contribution in [2.75, 3.05) is 6.61 Å². The van der Waals surface area contributed by atoms with E-state index in [2.05, 4.69) is 4.98 Å². The Morgan fingerprint density at radius 1 is 1.45 bits per heavy atom. The van der Waals surface area contributed by atoms with Crippen molar-refractivity contribution in [3.8, 4) is 5.75 Å². The molecule has 0 saturated heterocycles. The predicted octanol–water partition coefficient (Wildman–Crippen LogP) is 2.65. The number of non-ortho nitro benzene ring substituents is 1. The third-order valence-corrected chi connectivity index (χ3v) is 3.27. The minimum absolute atomic E-state index is 0.0287. The maximum Gasteiger partial charge on any atom is 0.295 e. The first-order valence-corrected chi connectivity index (χ1v) is 6.38. The second kappa shape index (κ2) is 5.42. The van der Waals surface area contributed by atoms with E-state index in [1.165, 1.54) is 12.3 Å². The predicted molar refractivity (Wildman–Crippen MR) is 76.8 cm³/mol. The number of nitro benzene ring substituents is 1. The molecule has 20 heavy (non-hydrogen) atoms. The molecule has 0 radical (unpaired) electrons. The van der Waals surface area contributed by atoms with Crippen molar-refractivity contribution in [2.45, 2.75) is 25.8 Å². The fourth-order valence-corrected chi connectivity index (χ4v) is 1.75. The van der Waals surface area contributed by atoms with Crippen LogP contribution in [0.3, 0.4) is 0 Å². The Hall–Kier alpha value is -2.21. The molecule has 2 rings (SSSR count). The molecular formula is C14H17N3O3. The number of fused-ring (bicyclic) bond motifs is 1. The van der Waals surface area contributed by atoms with Crippen LogP contribution in [0.25, 0.3) is 10.9 Å². The second-order valence-electron chi connectivity index (χ2n) is 5.04. The number of pyridine rings is 1. The molecule has 1 heterocycles. The Labute approximate surface area is 116 Å². The molecule has 0 saturated carbocycles. The van der Waals surface area contributed by atoms with E-state index < -0.39 is 10.5 Å². The van der Waals surface area contributed by atoms with Gasteiger partial charge in [-0.1, -0.05) is 6.92 Å². The molecule has 106 valence electrons. The normalized spacial score (nSPS) is 13.9. The zero-order valence-electron chi connectivity index (χ0n) is 11.5. The minimum Gasteiger partial charge on any atom is -0.491 e. The van der Waals surface area contributed by atoms with Gasteiger partial charge in [0.25, 0.3) is 5.69 Å². The van der Waals surface area contributed by atoms with Gasteiger partial charge >= 0.3 is 0 Å². The van der Waals surface area contributed by atoms with Crippen LogP contribution in [0, 0.1) is 10.1 Å². The summed E-state index contributed by atoms with van der Waals surface area (Å²) in [6.45, 7) is 4.23. The number of aromatic nitrogens is 1. The van der Waals surface area contributed by atoms with E-state index in [0.29, 0.717) is 23.3 Å². The van der Waals surface area contributed by atoms with Gasteiger partial charge in [0.15, 0.2) is 5.52 Å². The SMILES string of the molecule is CCC(C)(N)COc1ccc([N+](=O)[O-])c2ncccc12. The van der Waals surface area contributed by atoms with Crippen LogP contribution in [0.1, 0.15) is 20.3 Å². The van der Waals surface area contributed by atoms with Crippen molar-refractivity contribution < 1.29 is 9.66 Å². The monoisotopic (exact) mass is 275 g/mol. The van der Waals surface area contributed by atoms with Crippen LogP contribution in [-0.4, -0.2) is 22.1 Å². The highest BCUT2D eigenvalue weighted by molar-refractivity contribution is 5.91. The summed E-state index contributed by atoms with van der Waals surface area (Å²) in [5, 5.41) is 11.6. The van der Waals surface area contributed by atoms with E-state index in [4.69, 9.17) is 10.5 Å². The molecular weight excluding hydrogens is 258 g/mol. The molecule has 1 aromatic carbocycles. The molecule has 6 heteroatoms. The summed E-state index contributed by atoms with van der Waals surface area (Å²) in [7, 11) is 0. The summed E-state index contributed by atoms with van der Waals surface area (Å²) in [5.41, 5.74) is 5.90. The summed E-state index contributed by atoms with van der Waals surface area (Å²) < 4.78 is 5.72. The molecule has 0 spiro atoms. The highest BCUT2D eigenvalue weighted by Gasteiger charge is 2.19. The molecule has 0 amide bonds. The molecule has 6 nitrogen and oxygen atoms in total. The van der Waals surface area contributed by atoms with E-state index in [1.54, 1.807) is 18.2 Å². The molecule has 0 fully saturated rings. The van der Waals surface area contributed by atoms with Crippen LogP contribution in [0.2, 0.25) is 0 Å². The molecule has 0 aliphatic heterocycles. The summed E-state index contributed by atoms with van der Waals surface area (Å²) in [4.78, 5) is 14.6. The third kappa shape index (κ3) is 2.85. The topological polar surface area (TPSA) is 91.3 Å². The van der Waals surface area contributed by atoms with Gasteiger partial charge in [0.2, 0.25) is 0 Å². The molecule has 0 aliphatic carbocycles. The second-order valence-corrected chi connectivity index (χ2v) is 5.04. The first-order valence-electron chi connectivity index (χ1n) is 6.38. The average Bonchev–Trinajstić information content (AvgIpc) is 2.44. The first-order chi connectivity index (χ1) is 9.44. The highest BCUT2D eigenvalue weighted by atomic mass is 16.6. The zero-order chi connectivity index (χ0) is 14.8. The maximum atomic E-state index is 11.0. The number of rotatable bonds is 5. The molecule has 2 N–H and O–H groups in total. The Morgan fingerprint density at radius 3 is 2.85 bits per heavy atom. The fraction of sp³-hybridized carbons (Fsp3) is 0.357. The van der Waals surface area contributed by atoms with Crippen LogP contribution in [0.5, 0.6) is 5.75 Å². The van der Waals surface area contributed by atoms with Gasteiger partial charge < -0.3 is 10.5 Å². The lowest BCUT2D eigenvalue weighted by molar-refractivity contribution is -0.383. The number of nitrogens with zero attached hydrogens (tertiary/aromatic N) is 2. The lowest BCUT2D eigenvalue weighted by atomic mass is 10.0. The Bertz CT molecular complexity index is 641. The van der Waals surface area contributed by atoms with Gasteiger partial charge in [0.1, 0.15) is 12.4 Å². The van der Waals surface area contributed by atoms with Gasteiger partial charge in [0, 0.05) is 23.2 Å². The number of ether oxygens (including phenoxy) is 1. The fourth-order valence-electron chi connectivity index (χ4n) is 1.75. The third-order valence-electron chi connectivity index (χ3n) is 3.27. The summed E-state index contributed by atoms with van der Waals surface area (Å²) in [6, 6.07) is 6.48. The quantitative estimate of drug-likeness (QED) is 0.669. The largest absolute Gasteiger partial charge is 0.491 e. The lowest BCUT2D eigenvalue weighted by Gasteiger charge is -2.23. The zero-order valence-corrected chi connectivity index (χ0v) is 11.5. The van der Waals surface area contributed by atoms with Crippen LogP contribution in [0.15, 0.2) is 30.5 Å². The van der Waals surface area contributed by atoms with Gasteiger partial charge in [-0.25, -0.2) is 4.98 Å². The van der Waals surface area contributed by atoms with Gasteiger partial charge in [-0.05, 0) is 31.5 Å². The molecule has 1 aromatic heterocycles. The Morgan fingerprint density at radius 2 is 2.20 bits per heavy atom. The van der Waals surface area contributed by atoms with Crippen molar-refractivity contribution >= 4 is 16.6 Å². The van der Waals surface area contributed by atoms with Gasteiger partial charge in [-0.2, -0.15) is 0 Å². The van der Waals surface area contributed by atoms with E-state index in [0.717, 1.165) is 6.42 Å². The average molecular weight is 275 g/mol. The minimum atomic E-state index is -0.446. The van der Waals surface area contributed by atoms with Gasteiger partial charge in [-0.15, -0.1) is 0 Å². The molecule has 0 bridgehead atoms.